The van der Waals surface area contributed by atoms with Crippen molar-refractivity contribution >= 4 is 11.9 Å². The Kier molecular flexibility index (Phi) is 4.80. The first-order valence-electron chi connectivity index (χ1n) is 8.55. The van der Waals surface area contributed by atoms with Crippen LogP contribution in [0.25, 0.3) is 0 Å². The van der Waals surface area contributed by atoms with E-state index in [-0.39, 0.29) is 23.8 Å². The number of anilines is 1. The number of hydrogen-bond donors (Lipinski definition) is 1. The molecular weight excluding hydrogens is 292 g/mol. The summed E-state index contributed by atoms with van der Waals surface area (Å²) < 4.78 is 5.78. The summed E-state index contributed by atoms with van der Waals surface area (Å²) in [5.74, 6) is 1.17. The lowest BCUT2D eigenvalue weighted by Crippen LogP contribution is -2.45. The van der Waals surface area contributed by atoms with Gasteiger partial charge in [0.2, 0.25) is 11.9 Å². The predicted molar refractivity (Wildman–Crippen MR) is 87.7 cm³/mol. The van der Waals surface area contributed by atoms with E-state index in [4.69, 9.17) is 10.5 Å². The second-order valence-corrected chi connectivity index (χ2v) is 6.94. The van der Waals surface area contributed by atoms with E-state index in [0.29, 0.717) is 18.5 Å². The van der Waals surface area contributed by atoms with Gasteiger partial charge in [-0.2, -0.15) is 0 Å². The molecule has 6 nitrogen and oxygen atoms in total. The Morgan fingerprint density at radius 1 is 1.43 bits per heavy atom. The third-order valence-corrected chi connectivity index (χ3v) is 4.96. The van der Waals surface area contributed by atoms with E-state index in [0.717, 1.165) is 38.0 Å². The van der Waals surface area contributed by atoms with Gasteiger partial charge >= 0.3 is 0 Å². The van der Waals surface area contributed by atoms with Crippen molar-refractivity contribution in [1.29, 1.82) is 0 Å². The summed E-state index contributed by atoms with van der Waals surface area (Å²) in [6.45, 7) is 6.49. The van der Waals surface area contributed by atoms with Crippen molar-refractivity contribution in [3.8, 4) is 0 Å². The van der Waals surface area contributed by atoms with Gasteiger partial charge < -0.3 is 15.4 Å². The zero-order chi connectivity index (χ0) is 16.4. The molecule has 1 aromatic heterocycles. The second kappa shape index (κ2) is 6.83. The number of amides is 1. The van der Waals surface area contributed by atoms with Crippen molar-refractivity contribution in [2.45, 2.75) is 45.1 Å². The van der Waals surface area contributed by atoms with E-state index < -0.39 is 0 Å². The predicted octanol–water partition coefficient (Wildman–Crippen LogP) is 1.83. The molecule has 0 spiro atoms. The van der Waals surface area contributed by atoms with Crippen LogP contribution in [0.2, 0.25) is 0 Å². The third kappa shape index (κ3) is 3.47. The molecule has 3 atom stereocenters. The molecule has 6 heteroatoms. The lowest BCUT2D eigenvalue weighted by molar-refractivity contribution is -0.139. The smallest absolute Gasteiger partial charge is 0.228 e. The molecule has 3 heterocycles. The first kappa shape index (κ1) is 16.2. The highest BCUT2D eigenvalue weighted by atomic mass is 16.5. The fourth-order valence-corrected chi connectivity index (χ4v) is 3.80. The van der Waals surface area contributed by atoms with E-state index in [1.54, 1.807) is 6.20 Å². The number of likely N-dealkylation sites (tertiary alicyclic amines) is 1. The Morgan fingerprint density at radius 2 is 2.26 bits per heavy atom. The van der Waals surface area contributed by atoms with Gasteiger partial charge in [-0.3, -0.25) is 4.79 Å². The van der Waals surface area contributed by atoms with Gasteiger partial charge in [0.25, 0.3) is 0 Å². The summed E-state index contributed by atoms with van der Waals surface area (Å²) in [5.41, 5.74) is 6.63. The van der Waals surface area contributed by atoms with Gasteiger partial charge in [0.1, 0.15) is 0 Å². The van der Waals surface area contributed by atoms with E-state index >= 15 is 0 Å². The van der Waals surface area contributed by atoms with Crippen LogP contribution in [0.5, 0.6) is 0 Å². The molecule has 0 aliphatic carbocycles. The minimum Gasteiger partial charge on any atom is -0.377 e. The lowest BCUT2D eigenvalue weighted by Gasteiger charge is -2.35. The largest absolute Gasteiger partial charge is 0.377 e. The molecule has 1 aromatic rings. The highest BCUT2D eigenvalue weighted by Crippen LogP contribution is 2.32. The highest BCUT2D eigenvalue weighted by molar-refractivity contribution is 5.80. The molecule has 3 unspecified atom stereocenters. The van der Waals surface area contributed by atoms with Gasteiger partial charge in [-0.15, -0.1) is 0 Å². The summed E-state index contributed by atoms with van der Waals surface area (Å²) in [6, 6.07) is 1.91. The minimum atomic E-state index is 0.00391. The van der Waals surface area contributed by atoms with Crippen LogP contribution in [0.15, 0.2) is 12.3 Å². The molecule has 0 radical (unpaired) electrons. The van der Waals surface area contributed by atoms with Crippen LogP contribution < -0.4 is 5.73 Å². The van der Waals surface area contributed by atoms with Crippen molar-refractivity contribution < 1.29 is 9.53 Å². The van der Waals surface area contributed by atoms with Crippen molar-refractivity contribution in [2.24, 2.45) is 11.8 Å². The monoisotopic (exact) mass is 318 g/mol. The SMILES string of the molecule is CC(C)C1OCCC1C(=O)N1CCCC(c2ccnc(N)n2)C1. The van der Waals surface area contributed by atoms with Crippen LogP contribution in [-0.4, -0.2) is 46.6 Å². The van der Waals surface area contributed by atoms with Crippen molar-refractivity contribution in [3.05, 3.63) is 18.0 Å². The quantitative estimate of drug-likeness (QED) is 0.919. The fourth-order valence-electron chi connectivity index (χ4n) is 3.80. The fraction of sp³-hybridized carbons (Fsp3) is 0.706. The molecule has 2 saturated heterocycles. The summed E-state index contributed by atoms with van der Waals surface area (Å²) in [7, 11) is 0. The average Bonchev–Trinajstić information content (AvgIpc) is 3.04. The van der Waals surface area contributed by atoms with Gasteiger partial charge in [-0.1, -0.05) is 13.8 Å². The summed E-state index contributed by atoms with van der Waals surface area (Å²) in [5, 5.41) is 0. The van der Waals surface area contributed by atoms with E-state index in [1.165, 1.54) is 0 Å². The van der Waals surface area contributed by atoms with E-state index in [1.807, 2.05) is 11.0 Å². The van der Waals surface area contributed by atoms with Crippen molar-refractivity contribution in [2.75, 3.05) is 25.4 Å². The normalized spacial score (nSPS) is 28.3. The number of piperidine rings is 1. The Morgan fingerprint density at radius 3 is 3.00 bits per heavy atom. The van der Waals surface area contributed by atoms with Gasteiger partial charge in [-0.25, -0.2) is 9.97 Å². The topological polar surface area (TPSA) is 81.3 Å². The van der Waals surface area contributed by atoms with Crippen LogP contribution in [0.1, 0.15) is 44.7 Å². The average molecular weight is 318 g/mol. The zero-order valence-electron chi connectivity index (χ0n) is 13.9. The first-order valence-corrected chi connectivity index (χ1v) is 8.55. The molecule has 0 bridgehead atoms. The van der Waals surface area contributed by atoms with Crippen LogP contribution in [0.4, 0.5) is 5.95 Å². The molecule has 2 aliphatic rings. The number of nitrogen functional groups attached to an aromatic ring is 1. The van der Waals surface area contributed by atoms with Crippen LogP contribution in [0, 0.1) is 11.8 Å². The molecule has 0 aromatic carbocycles. The first-order chi connectivity index (χ1) is 11.1. The van der Waals surface area contributed by atoms with E-state index in [9.17, 15) is 4.79 Å². The minimum absolute atomic E-state index is 0.00391. The molecule has 3 rings (SSSR count). The zero-order valence-corrected chi connectivity index (χ0v) is 13.9. The molecule has 23 heavy (non-hydrogen) atoms. The molecule has 2 aliphatic heterocycles. The van der Waals surface area contributed by atoms with Gasteiger partial charge in [0.15, 0.2) is 0 Å². The van der Waals surface area contributed by atoms with Gasteiger partial charge in [-0.05, 0) is 31.2 Å². The van der Waals surface area contributed by atoms with Crippen molar-refractivity contribution in [1.82, 2.24) is 14.9 Å². The standard InChI is InChI=1S/C17H26N4O2/c1-11(2)15-13(6-9-23-15)16(22)21-8-3-4-12(10-21)14-5-7-19-17(18)20-14/h5,7,11-13,15H,3-4,6,8-10H2,1-2H3,(H2,18,19,20). The lowest BCUT2D eigenvalue weighted by atomic mass is 9.89. The Balaban J connectivity index is 1.69. The van der Waals surface area contributed by atoms with E-state index in [2.05, 4.69) is 23.8 Å². The summed E-state index contributed by atoms with van der Waals surface area (Å²) in [6.07, 6.45) is 4.62. The van der Waals surface area contributed by atoms with Crippen LogP contribution >= 0.6 is 0 Å². The maximum Gasteiger partial charge on any atom is 0.228 e. The summed E-state index contributed by atoms with van der Waals surface area (Å²) >= 11 is 0. The number of hydrogen-bond acceptors (Lipinski definition) is 5. The molecule has 2 fully saturated rings. The Labute approximate surface area is 137 Å². The van der Waals surface area contributed by atoms with Gasteiger partial charge in [0.05, 0.1) is 17.7 Å². The Bertz CT molecular complexity index is 563. The van der Waals surface area contributed by atoms with Crippen LogP contribution in [-0.2, 0) is 9.53 Å². The molecule has 0 saturated carbocycles. The molecule has 1 amide bonds. The Hall–Kier alpha value is -1.69. The summed E-state index contributed by atoms with van der Waals surface area (Å²) in [4.78, 5) is 23.2. The molecule has 126 valence electrons. The van der Waals surface area contributed by atoms with Crippen LogP contribution in [0.3, 0.4) is 0 Å². The number of aromatic nitrogens is 2. The maximum atomic E-state index is 12.9. The maximum absolute atomic E-state index is 12.9. The highest BCUT2D eigenvalue weighted by Gasteiger charge is 2.39. The molecular formula is C17H26N4O2. The number of rotatable bonds is 3. The van der Waals surface area contributed by atoms with Crippen molar-refractivity contribution in [3.63, 3.8) is 0 Å². The second-order valence-electron chi connectivity index (χ2n) is 6.94. The van der Waals surface area contributed by atoms with Gasteiger partial charge in [0, 0.05) is 31.8 Å². The number of carbonyl (C=O) groups is 1. The number of carbonyl (C=O) groups excluding carboxylic acids is 1. The number of nitrogens with two attached hydrogens (primary N) is 1. The number of ether oxygens (including phenoxy) is 1. The third-order valence-electron chi connectivity index (χ3n) is 4.96. The molecule has 2 N–H and O–H groups in total. The number of nitrogens with zero attached hydrogens (tertiary/aromatic N) is 3.